The summed E-state index contributed by atoms with van der Waals surface area (Å²) >= 11 is 0. The molecule has 4 rings (SSSR count). The molecule has 0 atom stereocenters. The molecule has 0 saturated carbocycles. The number of aromatic carboxylic acids is 1. The topological polar surface area (TPSA) is 71.2 Å². The van der Waals surface area contributed by atoms with Crippen molar-refractivity contribution in [3.8, 4) is 11.3 Å². The van der Waals surface area contributed by atoms with Crippen LogP contribution in [-0.2, 0) is 7.05 Å². The van der Waals surface area contributed by atoms with E-state index in [1.807, 2.05) is 31.0 Å². The Bertz CT molecular complexity index is 1210. The van der Waals surface area contributed by atoms with Gasteiger partial charge in [0.15, 0.2) is 0 Å². The molecule has 2 aromatic carbocycles. The number of hydrogen-bond acceptors (Lipinski definition) is 4. The van der Waals surface area contributed by atoms with Crippen LogP contribution in [0.1, 0.15) is 24.2 Å². The number of benzene rings is 2. The van der Waals surface area contributed by atoms with E-state index in [9.17, 15) is 9.90 Å². The lowest BCUT2D eigenvalue weighted by Crippen LogP contribution is -2.26. The lowest BCUT2D eigenvalue weighted by Gasteiger charge is -2.26. The van der Waals surface area contributed by atoms with Gasteiger partial charge < -0.3 is 10.0 Å². The summed E-state index contributed by atoms with van der Waals surface area (Å²) < 4.78 is 1.85. The van der Waals surface area contributed by atoms with Gasteiger partial charge in [-0.25, -0.2) is 9.78 Å². The average Bonchev–Trinajstić information content (AvgIpc) is 3.06. The number of carboxylic acid groups (broad SMARTS) is 1. The second kappa shape index (κ2) is 6.64. The van der Waals surface area contributed by atoms with Gasteiger partial charge in [-0.2, -0.15) is 5.10 Å². The molecule has 6 heteroatoms. The Morgan fingerprint density at radius 1 is 1.11 bits per heavy atom. The highest BCUT2D eigenvalue weighted by Crippen LogP contribution is 2.34. The molecule has 0 spiro atoms. The summed E-state index contributed by atoms with van der Waals surface area (Å²) in [7, 11) is 3.95. The summed E-state index contributed by atoms with van der Waals surface area (Å²) in [6.07, 6.45) is 1.85. The van der Waals surface area contributed by atoms with E-state index >= 15 is 0 Å². The molecule has 1 N–H and O–H groups in total. The van der Waals surface area contributed by atoms with Crippen molar-refractivity contribution in [2.45, 2.75) is 19.9 Å². The second-order valence-corrected chi connectivity index (χ2v) is 7.32. The number of aryl methyl sites for hydroxylation is 1. The minimum Gasteiger partial charge on any atom is -0.478 e. The molecule has 0 aliphatic heterocycles. The van der Waals surface area contributed by atoms with Crippen LogP contribution in [0.4, 0.5) is 5.69 Å². The quantitative estimate of drug-likeness (QED) is 0.576. The SMILES string of the molecule is CC(C)N(C)c1cc2cc(C(=O)O)ccc2nc1-c1ccc2cnn(C)c2c1. The van der Waals surface area contributed by atoms with Crippen molar-refractivity contribution in [1.29, 1.82) is 0 Å². The summed E-state index contributed by atoms with van der Waals surface area (Å²) in [4.78, 5) is 18.4. The maximum atomic E-state index is 11.4. The molecule has 4 aromatic rings. The maximum absolute atomic E-state index is 11.4. The number of hydrogen-bond donors (Lipinski definition) is 1. The summed E-state index contributed by atoms with van der Waals surface area (Å²) in [5.41, 5.74) is 4.91. The molecule has 0 bridgehead atoms. The van der Waals surface area contributed by atoms with Crippen LogP contribution in [0.5, 0.6) is 0 Å². The molecule has 0 amide bonds. The van der Waals surface area contributed by atoms with Gasteiger partial charge in [0.25, 0.3) is 0 Å². The van der Waals surface area contributed by atoms with E-state index in [0.29, 0.717) is 0 Å². The monoisotopic (exact) mass is 374 g/mol. The van der Waals surface area contributed by atoms with E-state index in [0.717, 1.165) is 38.8 Å². The fourth-order valence-electron chi connectivity index (χ4n) is 3.35. The summed E-state index contributed by atoms with van der Waals surface area (Å²) in [6, 6.07) is 13.5. The zero-order chi connectivity index (χ0) is 20.0. The van der Waals surface area contributed by atoms with Crippen molar-refractivity contribution in [2.75, 3.05) is 11.9 Å². The van der Waals surface area contributed by atoms with Crippen LogP contribution in [-0.4, -0.2) is 38.9 Å². The Hall–Kier alpha value is -3.41. The maximum Gasteiger partial charge on any atom is 0.335 e. The van der Waals surface area contributed by atoms with Crippen LogP contribution in [0.15, 0.2) is 48.7 Å². The predicted octanol–water partition coefficient (Wildman–Crippen LogP) is 4.33. The Labute approximate surface area is 163 Å². The van der Waals surface area contributed by atoms with Crippen molar-refractivity contribution in [3.63, 3.8) is 0 Å². The van der Waals surface area contributed by atoms with Gasteiger partial charge in [0.05, 0.1) is 34.2 Å². The first kappa shape index (κ1) is 18.0. The van der Waals surface area contributed by atoms with Gasteiger partial charge in [0, 0.05) is 36.5 Å². The van der Waals surface area contributed by atoms with Crippen LogP contribution in [0.25, 0.3) is 33.1 Å². The zero-order valence-electron chi connectivity index (χ0n) is 16.3. The molecular formula is C22H22N4O2. The Morgan fingerprint density at radius 3 is 2.61 bits per heavy atom. The summed E-state index contributed by atoms with van der Waals surface area (Å²) in [6.45, 7) is 4.23. The van der Waals surface area contributed by atoms with E-state index in [1.165, 1.54) is 0 Å². The molecule has 2 heterocycles. The fraction of sp³-hybridized carbons (Fsp3) is 0.227. The van der Waals surface area contributed by atoms with Crippen LogP contribution in [0, 0.1) is 0 Å². The fourth-order valence-corrected chi connectivity index (χ4v) is 3.35. The van der Waals surface area contributed by atoms with Crippen molar-refractivity contribution < 1.29 is 9.90 Å². The third-order valence-corrected chi connectivity index (χ3v) is 5.22. The van der Waals surface area contributed by atoms with Gasteiger partial charge in [0.1, 0.15) is 0 Å². The van der Waals surface area contributed by atoms with E-state index < -0.39 is 5.97 Å². The zero-order valence-corrected chi connectivity index (χ0v) is 16.3. The minimum atomic E-state index is -0.939. The number of nitrogens with zero attached hydrogens (tertiary/aromatic N) is 4. The average molecular weight is 374 g/mol. The highest BCUT2D eigenvalue weighted by molar-refractivity contribution is 5.96. The minimum absolute atomic E-state index is 0.261. The molecule has 0 aliphatic carbocycles. The van der Waals surface area contributed by atoms with E-state index in [4.69, 9.17) is 4.98 Å². The Balaban J connectivity index is 1.98. The lowest BCUT2D eigenvalue weighted by atomic mass is 10.0. The summed E-state index contributed by atoms with van der Waals surface area (Å²) in [5.74, 6) is -0.939. The van der Waals surface area contributed by atoms with Gasteiger partial charge in [-0.15, -0.1) is 0 Å². The van der Waals surface area contributed by atoms with Crippen LogP contribution in [0.3, 0.4) is 0 Å². The molecule has 142 valence electrons. The lowest BCUT2D eigenvalue weighted by molar-refractivity contribution is 0.0697. The smallest absolute Gasteiger partial charge is 0.335 e. The van der Waals surface area contributed by atoms with Gasteiger partial charge >= 0.3 is 5.97 Å². The normalized spacial score (nSPS) is 11.5. The number of aromatic nitrogens is 3. The van der Waals surface area contributed by atoms with Crippen LogP contribution < -0.4 is 4.90 Å². The molecule has 0 fully saturated rings. The summed E-state index contributed by atoms with van der Waals surface area (Å²) in [5, 5.41) is 15.5. The van der Waals surface area contributed by atoms with E-state index in [1.54, 1.807) is 18.2 Å². The molecule has 0 unspecified atom stereocenters. The Morgan fingerprint density at radius 2 is 1.89 bits per heavy atom. The number of rotatable bonds is 4. The first-order chi connectivity index (χ1) is 13.3. The molecule has 28 heavy (non-hydrogen) atoms. The van der Waals surface area contributed by atoms with Crippen molar-refractivity contribution >= 4 is 33.5 Å². The molecule has 0 radical (unpaired) electrons. The van der Waals surface area contributed by atoms with Gasteiger partial charge in [-0.1, -0.05) is 12.1 Å². The largest absolute Gasteiger partial charge is 0.478 e. The van der Waals surface area contributed by atoms with Crippen molar-refractivity contribution in [1.82, 2.24) is 14.8 Å². The number of anilines is 1. The van der Waals surface area contributed by atoms with E-state index in [-0.39, 0.29) is 11.6 Å². The van der Waals surface area contributed by atoms with E-state index in [2.05, 4.69) is 42.0 Å². The predicted molar refractivity (Wildman–Crippen MR) is 112 cm³/mol. The highest BCUT2D eigenvalue weighted by atomic mass is 16.4. The third-order valence-electron chi connectivity index (χ3n) is 5.22. The van der Waals surface area contributed by atoms with Gasteiger partial charge in [0.2, 0.25) is 0 Å². The third kappa shape index (κ3) is 2.97. The molecule has 0 saturated heterocycles. The second-order valence-electron chi connectivity index (χ2n) is 7.32. The van der Waals surface area contributed by atoms with Gasteiger partial charge in [-0.3, -0.25) is 4.68 Å². The first-order valence-electron chi connectivity index (χ1n) is 9.18. The van der Waals surface area contributed by atoms with Crippen molar-refractivity contribution in [3.05, 3.63) is 54.2 Å². The molecular weight excluding hydrogens is 352 g/mol. The standard InChI is InChI=1S/C22H22N4O2/c1-13(2)25(3)20-11-17-9-15(22(27)28)7-8-18(17)24-21(20)14-5-6-16-12-23-26(4)19(16)10-14/h5-13H,1-4H3,(H,27,28). The van der Waals surface area contributed by atoms with Crippen LogP contribution in [0.2, 0.25) is 0 Å². The first-order valence-corrected chi connectivity index (χ1v) is 9.18. The number of carbonyl (C=O) groups is 1. The van der Waals surface area contributed by atoms with Crippen LogP contribution >= 0.6 is 0 Å². The molecule has 0 aliphatic rings. The highest BCUT2D eigenvalue weighted by Gasteiger charge is 2.17. The number of pyridine rings is 1. The number of fused-ring (bicyclic) bond motifs is 2. The van der Waals surface area contributed by atoms with Crippen molar-refractivity contribution in [2.24, 2.45) is 7.05 Å². The van der Waals surface area contributed by atoms with Gasteiger partial charge in [-0.05, 0) is 44.2 Å². The molecule has 6 nitrogen and oxygen atoms in total. The number of carboxylic acids is 1. The Kier molecular flexibility index (Phi) is 4.26. The molecule has 2 aromatic heterocycles.